The van der Waals surface area contributed by atoms with Crippen LogP contribution in [0.2, 0.25) is 0 Å². The van der Waals surface area contributed by atoms with Gasteiger partial charge in [-0.2, -0.15) is 0 Å². The zero-order chi connectivity index (χ0) is 12.4. The molecule has 0 fully saturated rings. The first kappa shape index (κ1) is 15.5. The van der Waals surface area contributed by atoms with Crippen molar-refractivity contribution in [3.8, 4) is 0 Å². The second kappa shape index (κ2) is 9.74. The lowest BCUT2D eigenvalue weighted by Crippen LogP contribution is -2.20. The van der Waals surface area contributed by atoms with E-state index in [1.807, 2.05) is 0 Å². The molecular formula is C10H20O5S. The van der Waals surface area contributed by atoms with Crippen LogP contribution in [0.4, 0.5) is 0 Å². The van der Waals surface area contributed by atoms with E-state index < -0.39 is 22.7 Å². The average molecular weight is 252 g/mol. The zero-order valence-corrected chi connectivity index (χ0v) is 10.6. The number of carboxylic acid groups (broad SMARTS) is 1. The molecule has 0 aromatic heterocycles. The van der Waals surface area contributed by atoms with Crippen molar-refractivity contribution >= 4 is 16.8 Å². The summed E-state index contributed by atoms with van der Waals surface area (Å²) >= 11 is 0. The van der Waals surface area contributed by atoms with Crippen LogP contribution in [0.1, 0.15) is 13.3 Å². The highest BCUT2D eigenvalue weighted by Gasteiger charge is 2.14. The standard InChI is InChI=1S/C10H20O5S/c1-9(10(11)12)8-16(13)7-6-15-5-3-4-14-2/h9H,3-8H2,1-2H3,(H,11,12). The fraction of sp³-hybridized carbons (Fsp3) is 0.900. The van der Waals surface area contributed by atoms with Crippen LogP contribution in [0.3, 0.4) is 0 Å². The molecule has 2 unspecified atom stereocenters. The Bertz CT molecular complexity index is 219. The molecule has 0 spiro atoms. The third-order valence-corrected chi connectivity index (χ3v) is 3.44. The summed E-state index contributed by atoms with van der Waals surface area (Å²) in [5.41, 5.74) is 0. The third-order valence-electron chi connectivity index (χ3n) is 1.95. The van der Waals surface area contributed by atoms with Gasteiger partial charge >= 0.3 is 5.97 Å². The maximum absolute atomic E-state index is 11.4. The van der Waals surface area contributed by atoms with E-state index in [4.69, 9.17) is 14.6 Å². The number of hydrogen-bond donors (Lipinski definition) is 1. The van der Waals surface area contributed by atoms with Crippen molar-refractivity contribution < 1.29 is 23.6 Å². The first-order chi connectivity index (χ1) is 7.57. The summed E-state index contributed by atoms with van der Waals surface area (Å²) in [5.74, 6) is -0.884. The molecule has 0 heterocycles. The van der Waals surface area contributed by atoms with Gasteiger partial charge in [-0.3, -0.25) is 9.00 Å². The molecule has 96 valence electrons. The van der Waals surface area contributed by atoms with Gasteiger partial charge in [-0.1, -0.05) is 6.92 Å². The lowest BCUT2D eigenvalue weighted by molar-refractivity contribution is -0.140. The molecule has 0 amide bonds. The number of carbonyl (C=O) groups is 1. The van der Waals surface area contributed by atoms with E-state index in [0.29, 0.717) is 25.6 Å². The number of rotatable bonds is 10. The normalized spacial score (nSPS) is 14.6. The number of methoxy groups -OCH3 is 1. The molecule has 0 saturated heterocycles. The molecule has 0 aliphatic rings. The molecule has 0 bridgehead atoms. The van der Waals surface area contributed by atoms with Crippen molar-refractivity contribution in [1.29, 1.82) is 0 Å². The molecule has 0 saturated carbocycles. The van der Waals surface area contributed by atoms with Gasteiger partial charge < -0.3 is 14.6 Å². The van der Waals surface area contributed by atoms with E-state index in [0.717, 1.165) is 6.42 Å². The molecule has 0 aromatic carbocycles. The van der Waals surface area contributed by atoms with E-state index >= 15 is 0 Å². The Labute approximate surface area is 98.6 Å². The molecule has 2 atom stereocenters. The Hall–Kier alpha value is -0.460. The maximum Gasteiger partial charge on any atom is 0.307 e. The van der Waals surface area contributed by atoms with Crippen LogP contribution >= 0.6 is 0 Å². The maximum atomic E-state index is 11.4. The highest BCUT2D eigenvalue weighted by molar-refractivity contribution is 7.85. The van der Waals surface area contributed by atoms with Crippen LogP contribution < -0.4 is 0 Å². The van der Waals surface area contributed by atoms with Gasteiger partial charge in [-0.15, -0.1) is 0 Å². The topological polar surface area (TPSA) is 72.8 Å². The average Bonchev–Trinajstić information content (AvgIpc) is 2.23. The summed E-state index contributed by atoms with van der Waals surface area (Å²) in [5, 5.41) is 8.62. The fourth-order valence-electron chi connectivity index (χ4n) is 0.993. The quantitative estimate of drug-likeness (QED) is 0.573. The van der Waals surface area contributed by atoms with Crippen LogP contribution in [0.15, 0.2) is 0 Å². The Kier molecular flexibility index (Phi) is 9.46. The van der Waals surface area contributed by atoms with E-state index in [1.54, 1.807) is 14.0 Å². The van der Waals surface area contributed by atoms with E-state index in [-0.39, 0.29) is 5.75 Å². The SMILES string of the molecule is COCCCOCCS(=O)CC(C)C(=O)O. The Morgan fingerprint density at radius 3 is 2.62 bits per heavy atom. The van der Waals surface area contributed by atoms with Gasteiger partial charge in [-0.05, 0) is 6.42 Å². The predicted molar refractivity (Wildman–Crippen MR) is 62.0 cm³/mol. The second-order valence-corrected chi connectivity index (χ2v) is 5.13. The monoisotopic (exact) mass is 252 g/mol. The van der Waals surface area contributed by atoms with Crippen LogP contribution in [0.5, 0.6) is 0 Å². The first-order valence-electron chi connectivity index (χ1n) is 5.22. The third kappa shape index (κ3) is 8.82. The van der Waals surface area contributed by atoms with Gasteiger partial charge in [0.05, 0.1) is 12.5 Å². The Morgan fingerprint density at radius 2 is 2.06 bits per heavy atom. The molecule has 5 nitrogen and oxygen atoms in total. The van der Waals surface area contributed by atoms with E-state index in [1.165, 1.54) is 0 Å². The molecule has 0 radical (unpaired) electrons. The van der Waals surface area contributed by atoms with Crippen molar-refractivity contribution in [2.45, 2.75) is 13.3 Å². The summed E-state index contributed by atoms with van der Waals surface area (Å²) < 4.78 is 21.5. The van der Waals surface area contributed by atoms with Crippen molar-refractivity contribution in [1.82, 2.24) is 0 Å². The molecular weight excluding hydrogens is 232 g/mol. The predicted octanol–water partition coefficient (Wildman–Crippen LogP) is 0.509. The van der Waals surface area contributed by atoms with Crippen molar-refractivity contribution in [2.24, 2.45) is 5.92 Å². The molecule has 6 heteroatoms. The molecule has 0 aliphatic carbocycles. The molecule has 1 N–H and O–H groups in total. The number of hydrogen-bond acceptors (Lipinski definition) is 4. The smallest absolute Gasteiger partial charge is 0.307 e. The second-order valence-electron chi connectivity index (χ2n) is 3.51. The molecule has 16 heavy (non-hydrogen) atoms. The van der Waals surface area contributed by atoms with Gasteiger partial charge in [0, 0.05) is 42.6 Å². The van der Waals surface area contributed by atoms with E-state index in [2.05, 4.69) is 0 Å². The highest BCUT2D eigenvalue weighted by atomic mass is 32.2. The van der Waals surface area contributed by atoms with Crippen molar-refractivity contribution in [3.63, 3.8) is 0 Å². The highest BCUT2D eigenvalue weighted by Crippen LogP contribution is 1.98. The minimum atomic E-state index is -1.11. The Morgan fingerprint density at radius 1 is 1.38 bits per heavy atom. The van der Waals surface area contributed by atoms with Gasteiger partial charge in [0.25, 0.3) is 0 Å². The summed E-state index contributed by atoms with van der Waals surface area (Å²) in [6, 6.07) is 0. The van der Waals surface area contributed by atoms with Crippen molar-refractivity contribution in [3.05, 3.63) is 0 Å². The summed E-state index contributed by atoms with van der Waals surface area (Å²) in [7, 11) is 0.512. The summed E-state index contributed by atoms with van der Waals surface area (Å²) in [6.07, 6.45) is 0.814. The number of aliphatic carboxylic acids is 1. The fourth-order valence-corrected chi connectivity index (χ4v) is 2.16. The van der Waals surface area contributed by atoms with Crippen LogP contribution in [0.25, 0.3) is 0 Å². The van der Waals surface area contributed by atoms with Crippen LogP contribution in [0, 0.1) is 5.92 Å². The lowest BCUT2D eigenvalue weighted by atomic mass is 10.2. The number of ether oxygens (including phenoxy) is 2. The van der Waals surface area contributed by atoms with Gasteiger partial charge in [-0.25, -0.2) is 0 Å². The lowest BCUT2D eigenvalue weighted by Gasteiger charge is -2.06. The summed E-state index contributed by atoms with van der Waals surface area (Å²) in [6.45, 7) is 3.20. The zero-order valence-electron chi connectivity index (χ0n) is 9.81. The minimum Gasteiger partial charge on any atom is -0.481 e. The summed E-state index contributed by atoms with van der Waals surface area (Å²) in [4.78, 5) is 10.5. The largest absolute Gasteiger partial charge is 0.481 e. The number of carboxylic acids is 1. The molecule has 0 aromatic rings. The van der Waals surface area contributed by atoms with Gasteiger partial charge in [0.15, 0.2) is 0 Å². The van der Waals surface area contributed by atoms with E-state index in [9.17, 15) is 9.00 Å². The Balaban J connectivity index is 3.40. The minimum absolute atomic E-state index is 0.191. The molecule has 0 rings (SSSR count). The first-order valence-corrected chi connectivity index (χ1v) is 6.71. The molecule has 0 aliphatic heterocycles. The van der Waals surface area contributed by atoms with Crippen LogP contribution in [-0.4, -0.2) is 53.7 Å². The van der Waals surface area contributed by atoms with Gasteiger partial charge in [0.1, 0.15) is 0 Å². The van der Waals surface area contributed by atoms with Crippen molar-refractivity contribution in [2.75, 3.05) is 38.4 Å². The van der Waals surface area contributed by atoms with Gasteiger partial charge in [0.2, 0.25) is 0 Å². The van der Waals surface area contributed by atoms with Crippen LogP contribution in [-0.2, 0) is 25.1 Å².